The molecular weight excluding hydrogens is 420 g/mol. The molecule has 0 saturated heterocycles. The molecule has 0 atom stereocenters. The summed E-state index contributed by atoms with van der Waals surface area (Å²) < 4.78 is 7.90. The lowest BCUT2D eigenvalue weighted by atomic mass is 10.00. The molecule has 172 valence electrons. The van der Waals surface area contributed by atoms with Gasteiger partial charge < -0.3 is 15.4 Å². The van der Waals surface area contributed by atoms with Gasteiger partial charge in [-0.05, 0) is 37.0 Å². The van der Waals surface area contributed by atoms with Crippen LogP contribution in [0, 0.1) is 0 Å². The summed E-state index contributed by atoms with van der Waals surface area (Å²) in [5.74, 6) is 0.175. The average Bonchev–Trinajstić information content (AvgIpc) is 2.82. The quantitative estimate of drug-likeness (QED) is 0.557. The van der Waals surface area contributed by atoms with E-state index in [1.165, 1.54) is 4.57 Å². The highest BCUT2D eigenvalue weighted by atomic mass is 16.5. The van der Waals surface area contributed by atoms with Crippen LogP contribution in [-0.2, 0) is 19.5 Å². The first-order chi connectivity index (χ1) is 16.0. The zero-order valence-corrected chi connectivity index (χ0v) is 18.9. The van der Waals surface area contributed by atoms with Crippen molar-refractivity contribution in [1.29, 1.82) is 0 Å². The number of Topliss-reactive ketones (excluding diaryl/α,β-unsaturated/α-hetero) is 1. The Morgan fingerprint density at radius 1 is 1.06 bits per heavy atom. The number of hydrogen-bond acceptors (Lipinski definition) is 6. The van der Waals surface area contributed by atoms with E-state index in [1.54, 1.807) is 14.0 Å². The molecule has 1 aromatic heterocycles. The van der Waals surface area contributed by atoms with E-state index in [4.69, 9.17) is 10.5 Å². The fourth-order valence-electron chi connectivity index (χ4n) is 4.45. The SMILES string of the molecule is CCn1c(=O)c(C(=O)CN2CCCc3cccc(OC)c32)c(N)n(Cc2ccccc2)c1=O. The number of nitrogens with two attached hydrogens (primary N) is 1. The van der Waals surface area contributed by atoms with Crippen molar-refractivity contribution < 1.29 is 9.53 Å². The number of carbonyl (C=O) groups excluding carboxylic acids is 1. The van der Waals surface area contributed by atoms with E-state index >= 15 is 0 Å². The fourth-order valence-corrected chi connectivity index (χ4v) is 4.45. The van der Waals surface area contributed by atoms with Crippen LogP contribution in [0.2, 0.25) is 0 Å². The summed E-state index contributed by atoms with van der Waals surface area (Å²) >= 11 is 0. The second-order valence-electron chi connectivity index (χ2n) is 8.08. The summed E-state index contributed by atoms with van der Waals surface area (Å²) in [7, 11) is 1.60. The summed E-state index contributed by atoms with van der Waals surface area (Å²) in [4.78, 5) is 41.5. The van der Waals surface area contributed by atoms with Crippen molar-refractivity contribution in [3.8, 4) is 5.75 Å². The number of aryl methyl sites for hydroxylation is 1. The predicted octanol–water partition coefficient (Wildman–Crippen LogP) is 2.30. The van der Waals surface area contributed by atoms with Gasteiger partial charge in [0.2, 0.25) is 0 Å². The van der Waals surface area contributed by atoms with E-state index in [2.05, 4.69) is 0 Å². The number of anilines is 2. The number of para-hydroxylation sites is 1. The lowest BCUT2D eigenvalue weighted by Crippen LogP contribution is -2.45. The van der Waals surface area contributed by atoms with Gasteiger partial charge in [-0.15, -0.1) is 0 Å². The normalized spacial score (nSPS) is 13.0. The summed E-state index contributed by atoms with van der Waals surface area (Å²) in [6.07, 6.45) is 1.78. The van der Waals surface area contributed by atoms with Gasteiger partial charge in [-0.1, -0.05) is 42.5 Å². The molecule has 1 aliphatic heterocycles. The largest absolute Gasteiger partial charge is 0.495 e. The standard InChI is InChI=1S/C25H28N4O4/c1-3-28-24(31)21(23(26)29(25(28)32)15-17-9-5-4-6-10-17)19(30)16-27-14-8-12-18-11-7-13-20(33-2)22(18)27/h4-7,9-11,13H,3,8,12,14-16,26H2,1-2H3. The number of nitrogens with zero attached hydrogens (tertiary/aromatic N) is 3. The molecule has 0 spiro atoms. The van der Waals surface area contributed by atoms with Crippen molar-refractivity contribution in [2.24, 2.45) is 0 Å². The highest BCUT2D eigenvalue weighted by Gasteiger charge is 2.27. The van der Waals surface area contributed by atoms with Gasteiger partial charge in [-0.2, -0.15) is 0 Å². The average molecular weight is 449 g/mol. The maximum Gasteiger partial charge on any atom is 0.332 e. The highest BCUT2D eigenvalue weighted by molar-refractivity contribution is 6.02. The molecule has 8 heteroatoms. The molecule has 0 aliphatic carbocycles. The Labute approximate surface area is 191 Å². The van der Waals surface area contributed by atoms with Crippen molar-refractivity contribution in [1.82, 2.24) is 9.13 Å². The minimum atomic E-state index is -0.647. The Hall–Kier alpha value is -3.81. The molecular formula is C25H28N4O4. The fraction of sp³-hybridized carbons (Fsp3) is 0.320. The Kier molecular flexibility index (Phi) is 6.35. The van der Waals surface area contributed by atoms with Crippen LogP contribution >= 0.6 is 0 Å². The highest BCUT2D eigenvalue weighted by Crippen LogP contribution is 2.36. The van der Waals surface area contributed by atoms with Gasteiger partial charge in [0.25, 0.3) is 5.56 Å². The smallest absolute Gasteiger partial charge is 0.332 e. The van der Waals surface area contributed by atoms with Gasteiger partial charge in [0, 0.05) is 13.1 Å². The number of methoxy groups -OCH3 is 1. The molecule has 2 aromatic carbocycles. The minimum Gasteiger partial charge on any atom is -0.495 e. The first-order valence-electron chi connectivity index (χ1n) is 11.1. The van der Waals surface area contributed by atoms with Crippen molar-refractivity contribution in [2.45, 2.75) is 32.9 Å². The molecule has 0 radical (unpaired) electrons. The van der Waals surface area contributed by atoms with Crippen LogP contribution < -0.4 is 26.6 Å². The van der Waals surface area contributed by atoms with Crippen LogP contribution in [0.1, 0.15) is 34.8 Å². The van der Waals surface area contributed by atoms with Crippen LogP contribution in [0.15, 0.2) is 58.1 Å². The topological polar surface area (TPSA) is 99.6 Å². The molecule has 4 rings (SSSR count). The lowest BCUT2D eigenvalue weighted by Gasteiger charge is -2.32. The van der Waals surface area contributed by atoms with E-state index < -0.39 is 17.0 Å². The van der Waals surface area contributed by atoms with E-state index in [-0.39, 0.29) is 31.0 Å². The van der Waals surface area contributed by atoms with E-state index in [0.29, 0.717) is 12.3 Å². The molecule has 8 nitrogen and oxygen atoms in total. The predicted molar refractivity (Wildman–Crippen MR) is 128 cm³/mol. The minimum absolute atomic E-state index is 0.0277. The molecule has 0 fully saturated rings. The second-order valence-corrected chi connectivity index (χ2v) is 8.08. The summed E-state index contributed by atoms with van der Waals surface area (Å²) in [5.41, 5.74) is 7.80. The van der Waals surface area contributed by atoms with Gasteiger partial charge >= 0.3 is 5.69 Å². The summed E-state index contributed by atoms with van der Waals surface area (Å²) in [5, 5.41) is 0. The monoisotopic (exact) mass is 448 g/mol. The zero-order chi connectivity index (χ0) is 23.5. The van der Waals surface area contributed by atoms with E-state index in [1.807, 2.05) is 53.4 Å². The maximum absolute atomic E-state index is 13.5. The van der Waals surface area contributed by atoms with Crippen molar-refractivity contribution >= 4 is 17.3 Å². The number of ketones is 1. The van der Waals surface area contributed by atoms with Gasteiger partial charge in [0.05, 0.1) is 25.9 Å². The van der Waals surface area contributed by atoms with Gasteiger partial charge in [0.15, 0.2) is 5.78 Å². The van der Waals surface area contributed by atoms with Crippen molar-refractivity contribution in [2.75, 3.05) is 30.8 Å². The molecule has 2 heterocycles. The number of ether oxygens (including phenoxy) is 1. The van der Waals surface area contributed by atoms with E-state index in [0.717, 1.165) is 34.2 Å². The lowest BCUT2D eigenvalue weighted by molar-refractivity contribution is 0.0996. The number of fused-ring (bicyclic) bond motifs is 1. The van der Waals surface area contributed by atoms with Crippen LogP contribution in [0.4, 0.5) is 11.5 Å². The molecule has 0 saturated carbocycles. The maximum atomic E-state index is 13.5. The molecule has 0 amide bonds. The van der Waals surface area contributed by atoms with Crippen LogP contribution in [0.3, 0.4) is 0 Å². The number of benzene rings is 2. The molecule has 2 N–H and O–H groups in total. The van der Waals surface area contributed by atoms with Gasteiger partial charge in [-0.25, -0.2) is 4.79 Å². The summed E-state index contributed by atoms with van der Waals surface area (Å²) in [6.45, 7) is 2.65. The number of hydrogen-bond donors (Lipinski definition) is 1. The van der Waals surface area contributed by atoms with E-state index in [9.17, 15) is 14.4 Å². The third-order valence-corrected chi connectivity index (χ3v) is 6.07. The first-order valence-corrected chi connectivity index (χ1v) is 11.1. The molecule has 0 unspecified atom stereocenters. The van der Waals surface area contributed by atoms with Crippen molar-refractivity contribution in [3.05, 3.63) is 86.1 Å². The van der Waals surface area contributed by atoms with Crippen LogP contribution in [-0.4, -0.2) is 35.1 Å². The Bertz CT molecular complexity index is 1280. The third kappa shape index (κ3) is 4.16. The number of aromatic nitrogens is 2. The molecule has 1 aliphatic rings. The number of carbonyl (C=O) groups is 1. The molecule has 3 aromatic rings. The Balaban J connectivity index is 1.76. The second kappa shape index (κ2) is 9.36. The third-order valence-electron chi connectivity index (χ3n) is 6.07. The van der Waals surface area contributed by atoms with Gasteiger partial charge in [0.1, 0.15) is 17.1 Å². The Morgan fingerprint density at radius 2 is 1.82 bits per heavy atom. The van der Waals surface area contributed by atoms with Crippen molar-refractivity contribution in [3.63, 3.8) is 0 Å². The molecule has 33 heavy (non-hydrogen) atoms. The molecule has 0 bridgehead atoms. The van der Waals surface area contributed by atoms with Crippen LogP contribution in [0.5, 0.6) is 5.75 Å². The first kappa shape index (κ1) is 22.4. The Morgan fingerprint density at radius 3 is 2.52 bits per heavy atom. The number of rotatable bonds is 7. The number of nitrogen functional groups attached to an aromatic ring is 1. The zero-order valence-electron chi connectivity index (χ0n) is 18.9. The van der Waals surface area contributed by atoms with Crippen LogP contribution in [0.25, 0.3) is 0 Å². The van der Waals surface area contributed by atoms with Gasteiger partial charge in [-0.3, -0.25) is 18.7 Å². The summed E-state index contributed by atoms with van der Waals surface area (Å²) in [6, 6.07) is 15.1.